The molecule has 1 aliphatic heterocycles. The van der Waals surface area contributed by atoms with Gasteiger partial charge in [0.05, 0.1) is 23.1 Å². The molecule has 24 heavy (non-hydrogen) atoms. The number of benzene rings is 1. The molecule has 1 amide bonds. The Kier molecular flexibility index (Phi) is 4.66. The van der Waals surface area contributed by atoms with Gasteiger partial charge < -0.3 is 5.32 Å². The number of nitrogens with one attached hydrogen (secondary N) is 1. The molecule has 128 valence electrons. The van der Waals surface area contributed by atoms with E-state index in [0.717, 1.165) is 5.82 Å². The summed E-state index contributed by atoms with van der Waals surface area (Å²) in [4.78, 5) is 16.9. The lowest BCUT2D eigenvalue weighted by Gasteiger charge is -2.21. The SMILES string of the molecule is Cc1nc2n(n1)CC(C(=O)NCCS(=O)(=O)c1ccccc1)CC2. The molecule has 0 spiro atoms. The predicted molar refractivity (Wildman–Crippen MR) is 88.1 cm³/mol. The van der Waals surface area contributed by atoms with Crippen molar-refractivity contribution in [2.24, 2.45) is 5.92 Å². The Morgan fingerprint density at radius 2 is 2.08 bits per heavy atom. The van der Waals surface area contributed by atoms with Crippen LogP contribution in [0, 0.1) is 12.8 Å². The molecule has 1 aliphatic rings. The second-order valence-corrected chi connectivity index (χ2v) is 8.03. The number of rotatable bonds is 5. The highest BCUT2D eigenvalue weighted by Crippen LogP contribution is 2.18. The smallest absolute Gasteiger partial charge is 0.225 e. The average molecular weight is 348 g/mol. The number of nitrogens with zero attached hydrogens (tertiary/aromatic N) is 3. The van der Waals surface area contributed by atoms with E-state index in [-0.39, 0.29) is 29.0 Å². The lowest BCUT2D eigenvalue weighted by Crippen LogP contribution is -2.38. The van der Waals surface area contributed by atoms with Crippen molar-refractivity contribution < 1.29 is 13.2 Å². The first-order valence-electron chi connectivity index (χ1n) is 7.91. The summed E-state index contributed by atoms with van der Waals surface area (Å²) in [7, 11) is -3.37. The minimum Gasteiger partial charge on any atom is -0.355 e. The number of hydrogen-bond acceptors (Lipinski definition) is 5. The number of carbonyl (C=O) groups excluding carboxylic acids is 1. The second-order valence-electron chi connectivity index (χ2n) is 5.92. The number of aryl methyl sites for hydroxylation is 2. The normalized spacial score (nSPS) is 17.3. The lowest BCUT2D eigenvalue weighted by atomic mass is 9.99. The van der Waals surface area contributed by atoms with E-state index in [1.807, 2.05) is 6.92 Å². The fourth-order valence-electron chi connectivity index (χ4n) is 2.85. The number of fused-ring (bicyclic) bond motifs is 1. The van der Waals surface area contributed by atoms with Gasteiger partial charge in [0.15, 0.2) is 9.84 Å². The van der Waals surface area contributed by atoms with E-state index < -0.39 is 9.84 Å². The first-order chi connectivity index (χ1) is 11.5. The third-order valence-electron chi connectivity index (χ3n) is 4.11. The monoisotopic (exact) mass is 348 g/mol. The van der Waals surface area contributed by atoms with Crippen LogP contribution in [-0.4, -0.2) is 41.4 Å². The van der Waals surface area contributed by atoms with Gasteiger partial charge in [0.1, 0.15) is 11.6 Å². The Labute approximate surface area is 141 Å². The van der Waals surface area contributed by atoms with E-state index in [1.165, 1.54) is 0 Å². The topological polar surface area (TPSA) is 93.9 Å². The van der Waals surface area contributed by atoms with E-state index in [1.54, 1.807) is 35.0 Å². The summed E-state index contributed by atoms with van der Waals surface area (Å²) in [5, 5.41) is 7.01. The van der Waals surface area contributed by atoms with E-state index in [9.17, 15) is 13.2 Å². The van der Waals surface area contributed by atoms with Gasteiger partial charge in [-0.25, -0.2) is 18.1 Å². The van der Waals surface area contributed by atoms with Gasteiger partial charge in [0, 0.05) is 13.0 Å². The molecule has 0 saturated carbocycles. The van der Waals surface area contributed by atoms with E-state index in [0.29, 0.717) is 25.2 Å². The molecule has 0 aliphatic carbocycles. The van der Waals surface area contributed by atoms with Gasteiger partial charge in [-0.05, 0) is 25.5 Å². The third-order valence-corrected chi connectivity index (χ3v) is 5.84. The van der Waals surface area contributed by atoms with Crippen LogP contribution < -0.4 is 5.32 Å². The van der Waals surface area contributed by atoms with Gasteiger partial charge in [-0.1, -0.05) is 18.2 Å². The molecule has 7 nitrogen and oxygen atoms in total. The van der Waals surface area contributed by atoms with Crippen LogP contribution in [0.2, 0.25) is 0 Å². The zero-order valence-electron chi connectivity index (χ0n) is 13.5. The van der Waals surface area contributed by atoms with E-state index in [4.69, 9.17) is 0 Å². The van der Waals surface area contributed by atoms with Crippen LogP contribution in [0.15, 0.2) is 35.2 Å². The number of aromatic nitrogens is 3. The third kappa shape index (κ3) is 3.64. The van der Waals surface area contributed by atoms with E-state index in [2.05, 4.69) is 15.4 Å². The standard InChI is InChI=1S/C16H20N4O3S/c1-12-18-15-8-7-13(11-20(15)19-12)16(21)17-9-10-24(22,23)14-5-3-2-4-6-14/h2-6,13H,7-11H2,1H3,(H,17,21). The summed E-state index contributed by atoms with van der Waals surface area (Å²) in [6.45, 7) is 2.43. The summed E-state index contributed by atoms with van der Waals surface area (Å²) in [5.41, 5.74) is 0. The maximum absolute atomic E-state index is 12.3. The highest BCUT2D eigenvalue weighted by Gasteiger charge is 2.26. The molecule has 1 atom stereocenters. The number of sulfone groups is 1. The minimum atomic E-state index is -3.37. The molecular formula is C16H20N4O3S. The van der Waals surface area contributed by atoms with Gasteiger partial charge in [-0.15, -0.1) is 0 Å². The maximum Gasteiger partial charge on any atom is 0.225 e. The summed E-state index contributed by atoms with van der Waals surface area (Å²) in [6, 6.07) is 8.26. The average Bonchev–Trinajstić information content (AvgIpc) is 2.94. The number of hydrogen-bond donors (Lipinski definition) is 1. The largest absolute Gasteiger partial charge is 0.355 e. The Balaban J connectivity index is 1.53. The van der Waals surface area contributed by atoms with Crippen molar-refractivity contribution in [1.29, 1.82) is 0 Å². The van der Waals surface area contributed by atoms with Crippen LogP contribution in [-0.2, 0) is 27.6 Å². The Morgan fingerprint density at radius 3 is 2.83 bits per heavy atom. The van der Waals surface area contributed by atoms with Crippen LogP contribution in [0.25, 0.3) is 0 Å². The van der Waals surface area contributed by atoms with Gasteiger partial charge in [-0.3, -0.25) is 4.79 Å². The zero-order chi connectivity index (χ0) is 17.2. The quantitative estimate of drug-likeness (QED) is 0.860. The van der Waals surface area contributed by atoms with Crippen LogP contribution in [0.1, 0.15) is 18.1 Å². The van der Waals surface area contributed by atoms with Crippen LogP contribution in [0.5, 0.6) is 0 Å². The van der Waals surface area contributed by atoms with Crippen LogP contribution in [0.4, 0.5) is 0 Å². The molecular weight excluding hydrogens is 328 g/mol. The summed E-state index contributed by atoms with van der Waals surface area (Å²) in [6.07, 6.45) is 1.41. The Morgan fingerprint density at radius 1 is 1.33 bits per heavy atom. The van der Waals surface area contributed by atoms with Crippen molar-refractivity contribution in [3.05, 3.63) is 42.0 Å². The first-order valence-corrected chi connectivity index (χ1v) is 9.57. The fourth-order valence-corrected chi connectivity index (χ4v) is 4.02. The molecule has 0 saturated heterocycles. The van der Waals surface area contributed by atoms with Crippen molar-refractivity contribution in [1.82, 2.24) is 20.1 Å². The molecule has 3 rings (SSSR count). The summed E-state index contributed by atoms with van der Waals surface area (Å²) in [5.74, 6) is 1.18. The summed E-state index contributed by atoms with van der Waals surface area (Å²) < 4.78 is 26.1. The predicted octanol–water partition coefficient (Wildman–Crippen LogP) is 0.739. The molecule has 8 heteroatoms. The van der Waals surface area contributed by atoms with Crippen molar-refractivity contribution in [2.75, 3.05) is 12.3 Å². The molecule has 2 aromatic rings. The zero-order valence-corrected chi connectivity index (χ0v) is 14.3. The fraction of sp³-hybridized carbons (Fsp3) is 0.438. The van der Waals surface area contributed by atoms with Crippen molar-refractivity contribution in [2.45, 2.75) is 31.2 Å². The number of amides is 1. The van der Waals surface area contributed by atoms with Crippen LogP contribution >= 0.6 is 0 Å². The highest BCUT2D eigenvalue weighted by molar-refractivity contribution is 7.91. The summed E-state index contributed by atoms with van der Waals surface area (Å²) >= 11 is 0. The van der Waals surface area contributed by atoms with Gasteiger partial charge in [-0.2, -0.15) is 5.10 Å². The molecule has 1 N–H and O–H groups in total. The lowest BCUT2D eigenvalue weighted by molar-refractivity contribution is -0.125. The van der Waals surface area contributed by atoms with Gasteiger partial charge >= 0.3 is 0 Å². The van der Waals surface area contributed by atoms with Gasteiger partial charge in [0.25, 0.3) is 0 Å². The van der Waals surface area contributed by atoms with Crippen molar-refractivity contribution in [3.8, 4) is 0 Å². The van der Waals surface area contributed by atoms with Gasteiger partial charge in [0.2, 0.25) is 5.91 Å². The molecule has 1 aromatic carbocycles. The maximum atomic E-state index is 12.3. The van der Waals surface area contributed by atoms with Crippen molar-refractivity contribution >= 4 is 15.7 Å². The first kappa shape index (κ1) is 16.6. The molecule has 1 unspecified atom stereocenters. The number of carbonyl (C=O) groups is 1. The minimum absolute atomic E-state index is 0.107. The molecule has 1 aromatic heterocycles. The Hall–Kier alpha value is -2.22. The molecule has 0 fully saturated rings. The van der Waals surface area contributed by atoms with E-state index >= 15 is 0 Å². The van der Waals surface area contributed by atoms with Crippen LogP contribution in [0.3, 0.4) is 0 Å². The highest BCUT2D eigenvalue weighted by atomic mass is 32.2. The molecule has 2 heterocycles. The molecule has 0 radical (unpaired) electrons. The molecule has 0 bridgehead atoms. The van der Waals surface area contributed by atoms with Crippen molar-refractivity contribution in [3.63, 3.8) is 0 Å². The second kappa shape index (κ2) is 6.72. The Bertz CT molecular complexity index is 830.